The molecule has 2 atom stereocenters. The maximum absolute atomic E-state index is 5.45. The third-order valence-electron chi connectivity index (χ3n) is 2.07. The molecule has 1 aliphatic rings. The molecule has 1 heteroatoms. The van der Waals surface area contributed by atoms with Gasteiger partial charge in [0.25, 0.3) is 0 Å². The lowest BCUT2D eigenvalue weighted by molar-refractivity contribution is 0.0278. The standard InChI is InChI=1S/C9H16O/c1-3-8-5-6-10-9(4-2)7-8/h8-9H,3-6H2,1-2H3. The van der Waals surface area contributed by atoms with Crippen molar-refractivity contribution in [1.29, 1.82) is 0 Å². The van der Waals surface area contributed by atoms with E-state index < -0.39 is 0 Å². The van der Waals surface area contributed by atoms with E-state index in [1.165, 1.54) is 12.8 Å². The fourth-order valence-electron chi connectivity index (χ4n) is 1.30. The third kappa shape index (κ3) is 1.98. The van der Waals surface area contributed by atoms with Crippen molar-refractivity contribution in [2.24, 2.45) is 5.92 Å². The molecule has 1 heterocycles. The van der Waals surface area contributed by atoms with Crippen LogP contribution in [-0.4, -0.2) is 12.7 Å². The quantitative estimate of drug-likeness (QED) is 0.572. The molecule has 0 aromatic rings. The van der Waals surface area contributed by atoms with Gasteiger partial charge in [0.05, 0.1) is 6.10 Å². The highest BCUT2D eigenvalue weighted by Crippen LogP contribution is 2.22. The van der Waals surface area contributed by atoms with Crippen LogP contribution < -0.4 is 0 Å². The summed E-state index contributed by atoms with van der Waals surface area (Å²) in [5.74, 6) is 0.693. The first-order valence-corrected chi connectivity index (χ1v) is 4.24. The number of hydrogen-bond donors (Lipinski definition) is 0. The highest BCUT2D eigenvalue weighted by molar-refractivity contribution is 4.86. The number of hydrogen-bond acceptors (Lipinski definition) is 1. The zero-order valence-electron chi connectivity index (χ0n) is 6.89. The molecule has 0 aromatic heterocycles. The van der Waals surface area contributed by atoms with E-state index in [9.17, 15) is 0 Å². The first-order chi connectivity index (χ1) is 4.86. The average Bonchev–Trinajstić information content (AvgIpc) is 2.05. The molecule has 0 saturated carbocycles. The summed E-state index contributed by atoms with van der Waals surface area (Å²) in [7, 11) is 0. The molecule has 0 N–H and O–H groups in total. The molecule has 2 radical (unpaired) electrons. The van der Waals surface area contributed by atoms with E-state index in [2.05, 4.69) is 20.3 Å². The highest BCUT2D eigenvalue weighted by atomic mass is 16.5. The minimum atomic E-state index is 0.318. The molecule has 1 fully saturated rings. The molecule has 1 nitrogen and oxygen atoms in total. The van der Waals surface area contributed by atoms with Gasteiger partial charge in [-0.25, -0.2) is 0 Å². The van der Waals surface area contributed by atoms with Crippen molar-refractivity contribution < 1.29 is 4.74 Å². The van der Waals surface area contributed by atoms with Crippen LogP contribution in [0.2, 0.25) is 0 Å². The van der Waals surface area contributed by atoms with Crippen LogP contribution in [0.15, 0.2) is 0 Å². The Labute approximate surface area is 63.8 Å². The van der Waals surface area contributed by atoms with Crippen LogP contribution in [0.25, 0.3) is 0 Å². The summed E-state index contributed by atoms with van der Waals surface area (Å²) >= 11 is 0. The summed E-state index contributed by atoms with van der Waals surface area (Å²) < 4.78 is 5.45. The predicted molar refractivity (Wildman–Crippen MR) is 41.7 cm³/mol. The summed E-state index contributed by atoms with van der Waals surface area (Å²) in [5.41, 5.74) is 0. The van der Waals surface area contributed by atoms with E-state index in [4.69, 9.17) is 4.74 Å². The van der Waals surface area contributed by atoms with Gasteiger partial charge in [0.2, 0.25) is 0 Å². The van der Waals surface area contributed by atoms with Gasteiger partial charge in [-0.05, 0) is 18.8 Å². The molecule has 0 amide bonds. The topological polar surface area (TPSA) is 9.23 Å². The maximum atomic E-state index is 5.45. The zero-order chi connectivity index (χ0) is 7.40. The molecule has 0 bridgehead atoms. The monoisotopic (exact) mass is 140 g/mol. The van der Waals surface area contributed by atoms with Crippen LogP contribution in [-0.2, 0) is 4.74 Å². The molecular weight excluding hydrogens is 124 g/mol. The minimum absolute atomic E-state index is 0.318. The Morgan fingerprint density at radius 3 is 2.80 bits per heavy atom. The van der Waals surface area contributed by atoms with Crippen LogP contribution in [0.5, 0.6) is 0 Å². The van der Waals surface area contributed by atoms with Gasteiger partial charge in [0.15, 0.2) is 0 Å². The van der Waals surface area contributed by atoms with Gasteiger partial charge in [-0.1, -0.05) is 20.3 Å². The summed E-state index contributed by atoms with van der Waals surface area (Å²) in [4.78, 5) is 0. The molecule has 0 spiro atoms. The smallest absolute Gasteiger partial charge is 0.0644 e. The van der Waals surface area contributed by atoms with Crippen LogP contribution in [0.3, 0.4) is 0 Å². The highest BCUT2D eigenvalue weighted by Gasteiger charge is 2.20. The Bertz CT molecular complexity index is 80.7. The zero-order valence-corrected chi connectivity index (χ0v) is 6.89. The van der Waals surface area contributed by atoms with Crippen LogP contribution in [0.4, 0.5) is 0 Å². The van der Waals surface area contributed by atoms with Gasteiger partial charge >= 0.3 is 0 Å². The Kier molecular flexibility index (Phi) is 3.20. The Morgan fingerprint density at radius 1 is 1.40 bits per heavy atom. The Balaban J connectivity index is 2.25. The first-order valence-electron chi connectivity index (χ1n) is 4.24. The Morgan fingerprint density at radius 2 is 2.20 bits per heavy atom. The third-order valence-corrected chi connectivity index (χ3v) is 2.07. The van der Waals surface area contributed by atoms with Crippen molar-refractivity contribution >= 4 is 0 Å². The normalized spacial score (nSPS) is 34.2. The predicted octanol–water partition coefficient (Wildman–Crippen LogP) is 2.29. The number of ether oxygens (including phenoxy) is 1. The van der Waals surface area contributed by atoms with Crippen molar-refractivity contribution in [3.05, 3.63) is 6.42 Å². The lowest BCUT2D eigenvalue weighted by Gasteiger charge is -2.27. The number of rotatable bonds is 2. The van der Waals surface area contributed by atoms with Gasteiger partial charge in [-0.3, -0.25) is 0 Å². The second-order valence-corrected chi connectivity index (χ2v) is 2.83. The molecular formula is C9H16O. The minimum Gasteiger partial charge on any atom is -0.378 e. The van der Waals surface area contributed by atoms with E-state index in [1.54, 1.807) is 0 Å². The fourth-order valence-corrected chi connectivity index (χ4v) is 1.30. The molecule has 0 aromatic carbocycles. The molecule has 58 valence electrons. The van der Waals surface area contributed by atoms with E-state index in [-0.39, 0.29) is 0 Å². The van der Waals surface area contributed by atoms with Gasteiger partial charge in [0.1, 0.15) is 0 Å². The summed E-state index contributed by atoms with van der Waals surface area (Å²) in [5, 5.41) is 0. The molecule has 1 saturated heterocycles. The van der Waals surface area contributed by atoms with Crippen molar-refractivity contribution in [3.63, 3.8) is 0 Å². The van der Waals surface area contributed by atoms with Crippen molar-refractivity contribution in [3.8, 4) is 0 Å². The van der Waals surface area contributed by atoms with E-state index in [0.29, 0.717) is 12.0 Å². The second-order valence-electron chi connectivity index (χ2n) is 2.83. The van der Waals surface area contributed by atoms with E-state index in [1.807, 2.05) is 0 Å². The summed E-state index contributed by atoms with van der Waals surface area (Å²) in [6.07, 6.45) is 7.22. The average molecular weight is 140 g/mol. The summed E-state index contributed by atoms with van der Waals surface area (Å²) in [6, 6.07) is 0. The van der Waals surface area contributed by atoms with Crippen molar-refractivity contribution in [1.82, 2.24) is 0 Å². The van der Waals surface area contributed by atoms with E-state index >= 15 is 0 Å². The molecule has 10 heavy (non-hydrogen) atoms. The van der Waals surface area contributed by atoms with Crippen molar-refractivity contribution in [2.75, 3.05) is 6.61 Å². The molecule has 1 rings (SSSR count). The SMILES string of the molecule is CCC1[C]C(CC)OCC1. The molecule has 0 aliphatic carbocycles. The van der Waals surface area contributed by atoms with Crippen LogP contribution in [0, 0.1) is 12.3 Å². The first kappa shape index (κ1) is 8.06. The molecule has 2 unspecified atom stereocenters. The van der Waals surface area contributed by atoms with Crippen LogP contribution >= 0.6 is 0 Å². The fraction of sp³-hybridized carbons (Fsp3) is 0.889. The van der Waals surface area contributed by atoms with Crippen molar-refractivity contribution in [2.45, 2.75) is 39.2 Å². The molecule has 1 aliphatic heterocycles. The van der Waals surface area contributed by atoms with E-state index in [0.717, 1.165) is 13.0 Å². The Hall–Kier alpha value is -0.0400. The van der Waals surface area contributed by atoms with Crippen LogP contribution in [0.1, 0.15) is 33.1 Å². The van der Waals surface area contributed by atoms with Gasteiger partial charge in [-0.15, -0.1) is 0 Å². The largest absolute Gasteiger partial charge is 0.378 e. The summed E-state index contributed by atoms with van der Waals surface area (Å²) in [6.45, 7) is 5.30. The van der Waals surface area contributed by atoms with Gasteiger partial charge in [0, 0.05) is 13.0 Å². The lowest BCUT2D eigenvalue weighted by Crippen LogP contribution is -2.25. The maximum Gasteiger partial charge on any atom is 0.0644 e. The second kappa shape index (κ2) is 3.97. The van der Waals surface area contributed by atoms with Gasteiger partial charge in [-0.2, -0.15) is 0 Å². The van der Waals surface area contributed by atoms with Gasteiger partial charge < -0.3 is 4.74 Å². The lowest BCUT2D eigenvalue weighted by atomic mass is 9.92.